The molecule has 0 bridgehead atoms. The van der Waals surface area contributed by atoms with E-state index in [-0.39, 0.29) is 10.2 Å². The average molecular weight is 332 g/mol. The van der Waals surface area contributed by atoms with E-state index in [9.17, 15) is 9.59 Å². The second-order valence-electron chi connectivity index (χ2n) is 4.87. The molecule has 112 valence electrons. The molecule has 1 aromatic heterocycles. The maximum atomic E-state index is 12.3. The topological polar surface area (TPSA) is 73.4 Å². The summed E-state index contributed by atoms with van der Waals surface area (Å²) in [5, 5.41) is 9.87. The molecule has 0 unspecified atom stereocenters. The first-order valence-corrected chi connectivity index (χ1v) is 7.74. The summed E-state index contributed by atoms with van der Waals surface area (Å²) in [4.78, 5) is 27.9. The Balaban J connectivity index is 2.01. The van der Waals surface area contributed by atoms with Gasteiger partial charge in [0.25, 0.3) is 5.91 Å². The van der Waals surface area contributed by atoms with Crippen LogP contribution in [0.3, 0.4) is 0 Å². The highest BCUT2D eigenvalue weighted by molar-refractivity contribution is 8.26. The number of amides is 1. The number of thioether (sulfide) groups is 1. The fourth-order valence-electron chi connectivity index (χ4n) is 2.39. The molecule has 1 aliphatic heterocycles. The molecule has 2 heterocycles. The predicted molar refractivity (Wildman–Crippen MR) is 90.6 cm³/mol. The number of para-hydroxylation sites is 1. The lowest BCUT2D eigenvalue weighted by molar-refractivity contribution is -0.140. The number of H-pyrrole nitrogens is 1. The van der Waals surface area contributed by atoms with Crippen LogP contribution in [0.2, 0.25) is 0 Å². The molecular formula is C15H12N2O3S2. The fraction of sp³-hybridized carbons (Fsp3) is 0.133. The van der Waals surface area contributed by atoms with Gasteiger partial charge in [-0.15, -0.1) is 0 Å². The number of rotatable bonds is 3. The lowest BCUT2D eigenvalue weighted by Crippen LogP contribution is -2.33. The first-order valence-electron chi connectivity index (χ1n) is 6.52. The second kappa shape index (κ2) is 5.58. The molecule has 1 saturated heterocycles. The third-order valence-electron chi connectivity index (χ3n) is 3.39. The number of carboxylic acid groups (broad SMARTS) is 1. The average Bonchev–Trinajstić information content (AvgIpc) is 2.91. The molecule has 0 aliphatic carbocycles. The molecule has 1 fully saturated rings. The second-order valence-corrected chi connectivity index (χ2v) is 6.55. The van der Waals surface area contributed by atoms with Gasteiger partial charge in [0.05, 0.1) is 4.91 Å². The molecule has 0 spiro atoms. The number of aromatic nitrogens is 1. The van der Waals surface area contributed by atoms with Crippen LogP contribution >= 0.6 is 24.0 Å². The smallest absolute Gasteiger partial charge is 0.323 e. The predicted octanol–water partition coefficient (Wildman–Crippen LogP) is 2.76. The number of carbonyl (C=O) groups is 2. The number of carboxylic acids is 1. The van der Waals surface area contributed by atoms with Crippen LogP contribution in [0.15, 0.2) is 29.2 Å². The van der Waals surface area contributed by atoms with Crippen LogP contribution < -0.4 is 0 Å². The van der Waals surface area contributed by atoms with E-state index in [0.29, 0.717) is 4.91 Å². The third-order valence-corrected chi connectivity index (χ3v) is 4.76. The van der Waals surface area contributed by atoms with Crippen molar-refractivity contribution in [2.45, 2.75) is 6.92 Å². The Morgan fingerprint density at radius 1 is 1.45 bits per heavy atom. The van der Waals surface area contributed by atoms with Crippen molar-refractivity contribution in [2.75, 3.05) is 6.54 Å². The highest BCUT2D eigenvalue weighted by atomic mass is 32.2. The van der Waals surface area contributed by atoms with Gasteiger partial charge in [-0.3, -0.25) is 14.5 Å². The van der Waals surface area contributed by atoms with Gasteiger partial charge in [-0.2, -0.15) is 0 Å². The molecule has 22 heavy (non-hydrogen) atoms. The molecular weight excluding hydrogens is 320 g/mol. The quantitative estimate of drug-likeness (QED) is 0.668. The summed E-state index contributed by atoms with van der Waals surface area (Å²) < 4.78 is 0.274. The van der Waals surface area contributed by atoms with Gasteiger partial charge in [0, 0.05) is 22.2 Å². The van der Waals surface area contributed by atoms with Crippen LogP contribution in [-0.2, 0) is 9.59 Å². The fourth-order valence-corrected chi connectivity index (χ4v) is 3.62. The molecule has 2 N–H and O–H groups in total. The molecule has 0 radical (unpaired) electrons. The van der Waals surface area contributed by atoms with Crippen LogP contribution in [0.1, 0.15) is 11.3 Å². The third kappa shape index (κ3) is 2.53. The van der Waals surface area contributed by atoms with Gasteiger partial charge in [-0.05, 0) is 19.1 Å². The minimum absolute atomic E-state index is 0.274. The van der Waals surface area contributed by atoms with E-state index < -0.39 is 12.5 Å². The van der Waals surface area contributed by atoms with Gasteiger partial charge in [0.1, 0.15) is 10.9 Å². The van der Waals surface area contributed by atoms with E-state index >= 15 is 0 Å². The molecule has 7 heteroatoms. The first-order chi connectivity index (χ1) is 10.5. The normalized spacial score (nSPS) is 17.0. The Bertz CT molecular complexity index is 838. The minimum Gasteiger partial charge on any atom is -0.480 e. The van der Waals surface area contributed by atoms with Crippen molar-refractivity contribution in [3.05, 3.63) is 40.4 Å². The highest BCUT2D eigenvalue weighted by Gasteiger charge is 2.33. The van der Waals surface area contributed by atoms with E-state index in [4.69, 9.17) is 17.3 Å². The molecule has 2 aromatic rings. The van der Waals surface area contributed by atoms with Gasteiger partial charge >= 0.3 is 5.97 Å². The minimum atomic E-state index is -1.08. The van der Waals surface area contributed by atoms with Crippen molar-refractivity contribution in [3.8, 4) is 0 Å². The summed E-state index contributed by atoms with van der Waals surface area (Å²) >= 11 is 6.22. The van der Waals surface area contributed by atoms with Crippen LogP contribution in [0.4, 0.5) is 0 Å². The van der Waals surface area contributed by atoms with Crippen LogP contribution in [0.25, 0.3) is 17.0 Å². The molecule has 1 amide bonds. The summed E-state index contributed by atoms with van der Waals surface area (Å²) in [7, 11) is 0. The number of thiocarbonyl (C=S) groups is 1. The number of benzene rings is 1. The zero-order valence-electron chi connectivity index (χ0n) is 11.6. The highest BCUT2D eigenvalue weighted by Crippen LogP contribution is 2.34. The van der Waals surface area contributed by atoms with E-state index in [0.717, 1.165) is 38.8 Å². The largest absolute Gasteiger partial charge is 0.480 e. The van der Waals surface area contributed by atoms with Crippen LogP contribution in [0.5, 0.6) is 0 Å². The SMILES string of the molecule is Cc1[nH]c2ccccc2c1/C=C1/SC(=S)N(CC(=O)O)C1=O. The van der Waals surface area contributed by atoms with E-state index in [2.05, 4.69) is 4.98 Å². The number of nitrogens with zero attached hydrogens (tertiary/aromatic N) is 1. The molecule has 0 saturated carbocycles. The van der Waals surface area contributed by atoms with Crippen molar-refractivity contribution in [2.24, 2.45) is 0 Å². The monoisotopic (exact) mass is 332 g/mol. The number of aryl methyl sites for hydroxylation is 1. The van der Waals surface area contributed by atoms with Crippen molar-refractivity contribution in [3.63, 3.8) is 0 Å². The molecule has 1 aliphatic rings. The Morgan fingerprint density at radius 3 is 2.91 bits per heavy atom. The number of aromatic amines is 1. The number of carbonyl (C=O) groups excluding carboxylic acids is 1. The maximum absolute atomic E-state index is 12.3. The van der Waals surface area contributed by atoms with Gasteiger partial charge in [-0.25, -0.2) is 0 Å². The summed E-state index contributed by atoms with van der Waals surface area (Å²) in [6, 6.07) is 7.81. The van der Waals surface area contributed by atoms with Crippen LogP contribution in [-0.4, -0.2) is 37.7 Å². The standard InChI is InChI=1S/C15H12N2O3S2/c1-8-10(9-4-2-3-5-11(9)16-8)6-12-14(20)17(7-13(18)19)15(21)22-12/h2-6,16H,7H2,1H3,(H,18,19)/b12-6+. The van der Waals surface area contributed by atoms with Crippen molar-refractivity contribution >= 4 is 57.2 Å². The first kappa shape index (κ1) is 14.8. The Kier molecular flexibility index (Phi) is 3.76. The summed E-state index contributed by atoms with van der Waals surface area (Å²) in [5.41, 5.74) is 2.86. The van der Waals surface area contributed by atoms with E-state index in [1.54, 1.807) is 6.08 Å². The number of nitrogens with one attached hydrogen (secondary N) is 1. The zero-order valence-corrected chi connectivity index (χ0v) is 13.3. The van der Waals surface area contributed by atoms with E-state index in [1.165, 1.54) is 0 Å². The Labute approximate surface area is 136 Å². The lowest BCUT2D eigenvalue weighted by atomic mass is 10.1. The Hall–Kier alpha value is -2.12. The number of hydrogen-bond acceptors (Lipinski definition) is 4. The Morgan fingerprint density at radius 2 is 2.18 bits per heavy atom. The maximum Gasteiger partial charge on any atom is 0.323 e. The number of fused-ring (bicyclic) bond motifs is 1. The van der Waals surface area contributed by atoms with Crippen LogP contribution in [0, 0.1) is 6.92 Å². The van der Waals surface area contributed by atoms with Crippen molar-refractivity contribution < 1.29 is 14.7 Å². The summed E-state index contributed by atoms with van der Waals surface area (Å²) in [6.07, 6.45) is 1.77. The van der Waals surface area contributed by atoms with Crippen molar-refractivity contribution in [1.29, 1.82) is 0 Å². The zero-order chi connectivity index (χ0) is 15.9. The van der Waals surface area contributed by atoms with E-state index in [1.807, 2.05) is 31.2 Å². The van der Waals surface area contributed by atoms with Gasteiger partial charge in [-0.1, -0.05) is 42.2 Å². The van der Waals surface area contributed by atoms with Gasteiger partial charge in [0.15, 0.2) is 0 Å². The summed E-state index contributed by atoms with van der Waals surface area (Å²) in [5.74, 6) is -1.44. The lowest BCUT2D eigenvalue weighted by Gasteiger charge is -2.10. The van der Waals surface area contributed by atoms with Gasteiger partial charge < -0.3 is 10.1 Å². The number of hydrogen-bond donors (Lipinski definition) is 2. The molecule has 5 nitrogen and oxygen atoms in total. The molecule has 3 rings (SSSR count). The molecule has 0 atom stereocenters. The van der Waals surface area contributed by atoms with Gasteiger partial charge in [0.2, 0.25) is 0 Å². The summed E-state index contributed by atoms with van der Waals surface area (Å²) in [6.45, 7) is 1.53. The van der Waals surface area contributed by atoms with Crippen molar-refractivity contribution in [1.82, 2.24) is 9.88 Å². The molecule has 1 aromatic carbocycles. The number of aliphatic carboxylic acids is 1.